The van der Waals surface area contributed by atoms with Gasteiger partial charge < -0.3 is 15.1 Å². The molecule has 6 heteroatoms. The van der Waals surface area contributed by atoms with Gasteiger partial charge in [0.05, 0.1) is 11.4 Å². The Morgan fingerprint density at radius 1 is 1.26 bits per heavy atom. The zero-order valence-electron chi connectivity index (χ0n) is 15.4. The molecule has 1 aliphatic heterocycles. The van der Waals surface area contributed by atoms with Crippen LogP contribution >= 0.6 is 11.6 Å². The third-order valence-corrected chi connectivity index (χ3v) is 4.74. The fourth-order valence-electron chi connectivity index (χ4n) is 3.11. The summed E-state index contributed by atoms with van der Waals surface area (Å²) in [5.41, 5.74) is 10.5. The van der Waals surface area contributed by atoms with E-state index in [4.69, 9.17) is 21.8 Å². The van der Waals surface area contributed by atoms with E-state index in [9.17, 15) is 4.79 Å². The van der Waals surface area contributed by atoms with E-state index in [2.05, 4.69) is 4.98 Å². The maximum atomic E-state index is 11.1. The number of amides is 1. The summed E-state index contributed by atoms with van der Waals surface area (Å²) in [5.74, 6) is 1.46. The van der Waals surface area contributed by atoms with Gasteiger partial charge in [-0.2, -0.15) is 0 Å². The molecule has 1 amide bonds. The fraction of sp³-hybridized carbons (Fsp3) is 0.238. The van der Waals surface area contributed by atoms with Gasteiger partial charge in [-0.15, -0.1) is 0 Å². The molecule has 2 N–H and O–H groups in total. The second-order valence-electron chi connectivity index (χ2n) is 6.35. The van der Waals surface area contributed by atoms with Crippen LogP contribution in [0.1, 0.15) is 22.7 Å². The minimum Gasteiger partial charge on any atom is -0.441 e. The Hall–Kier alpha value is -2.63. The Labute approximate surface area is 163 Å². The number of halogens is 1. The summed E-state index contributed by atoms with van der Waals surface area (Å²) in [6.45, 7) is 5.07. The number of nitrogens with two attached hydrogens (primary N) is 1. The lowest BCUT2D eigenvalue weighted by Crippen LogP contribution is -2.23. The van der Waals surface area contributed by atoms with Crippen molar-refractivity contribution in [1.29, 1.82) is 0 Å². The van der Waals surface area contributed by atoms with Crippen LogP contribution < -0.4 is 10.6 Å². The SMILES string of the molecule is Cc1cc(Cl)ccc1CN.Cc1nc2c(o1)-c1ccccc1N(C=O)CC2. The molecule has 0 saturated heterocycles. The van der Waals surface area contributed by atoms with Gasteiger partial charge in [-0.1, -0.05) is 29.8 Å². The quantitative estimate of drug-likeness (QED) is 0.670. The minimum atomic E-state index is 0.586. The molecule has 0 fully saturated rings. The van der Waals surface area contributed by atoms with E-state index in [1.54, 1.807) is 4.90 Å². The third-order valence-electron chi connectivity index (χ3n) is 4.50. The summed E-state index contributed by atoms with van der Waals surface area (Å²) in [6.07, 6.45) is 1.58. The molecule has 0 saturated carbocycles. The summed E-state index contributed by atoms with van der Waals surface area (Å²) in [7, 11) is 0. The van der Waals surface area contributed by atoms with Crippen molar-refractivity contribution >= 4 is 23.7 Å². The second-order valence-corrected chi connectivity index (χ2v) is 6.79. The van der Waals surface area contributed by atoms with Crippen molar-refractivity contribution in [3.05, 3.63) is 70.2 Å². The molecular weight excluding hydrogens is 362 g/mol. The van der Waals surface area contributed by atoms with E-state index in [1.165, 1.54) is 0 Å². The average Bonchev–Trinajstić information content (AvgIpc) is 2.97. The van der Waals surface area contributed by atoms with Gasteiger partial charge in [0, 0.05) is 37.0 Å². The lowest BCUT2D eigenvalue weighted by atomic mass is 10.1. The maximum Gasteiger partial charge on any atom is 0.214 e. The first-order valence-electron chi connectivity index (χ1n) is 8.76. The van der Waals surface area contributed by atoms with E-state index in [1.807, 2.05) is 56.3 Å². The number of rotatable bonds is 2. The van der Waals surface area contributed by atoms with Crippen LogP contribution in [0.5, 0.6) is 0 Å². The molecule has 1 aliphatic rings. The van der Waals surface area contributed by atoms with Crippen molar-refractivity contribution in [3.8, 4) is 11.3 Å². The van der Waals surface area contributed by atoms with Gasteiger partial charge in [0.15, 0.2) is 11.7 Å². The zero-order valence-corrected chi connectivity index (χ0v) is 16.2. The Morgan fingerprint density at radius 2 is 2.04 bits per heavy atom. The summed E-state index contributed by atoms with van der Waals surface area (Å²) in [5, 5.41) is 0.773. The third kappa shape index (κ3) is 4.21. The molecule has 3 aromatic rings. The van der Waals surface area contributed by atoms with Crippen molar-refractivity contribution < 1.29 is 9.21 Å². The first-order chi connectivity index (χ1) is 13.0. The maximum absolute atomic E-state index is 11.1. The fourth-order valence-corrected chi connectivity index (χ4v) is 3.34. The molecule has 27 heavy (non-hydrogen) atoms. The summed E-state index contributed by atoms with van der Waals surface area (Å²) >= 11 is 5.73. The second kappa shape index (κ2) is 8.37. The van der Waals surface area contributed by atoms with Gasteiger partial charge in [0.25, 0.3) is 0 Å². The highest BCUT2D eigenvalue weighted by molar-refractivity contribution is 6.30. The Balaban J connectivity index is 0.000000180. The van der Waals surface area contributed by atoms with E-state index >= 15 is 0 Å². The normalized spacial score (nSPS) is 12.4. The van der Waals surface area contributed by atoms with Gasteiger partial charge >= 0.3 is 0 Å². The van der Waals surface area contributed by atoms with Crippen LogP contribution in [0.15, 0.2) is 46.9 Å². The highest BCUT2D eigenvalue weighted by Crippen LogP contribution is 2.35. The number of hydrogen-bond acceptors (Lipinski definition) is 4. The van der Waals surface area contributed by atoms with E-state index in [-0.39, 0.29) is 0 Å². The van der Waals surface area contributed by atoms with Crippen LogP contribution in [-0.4, -0.2) is 17.9 Å². The molecule has 2 heterocycles. The number of anilines is 1. The Kier molecular flexibility index (Phi) is 5.94. The topological polar surface area (TPSA) is 72.4 Å². The number of nitrogens with zero attached hydrogens (tertiary/aromatic N) is 2. The van der Waals surface area contributed by atoms with E-state index < -0.39 is 0 Å². The molecule has 1 aromatic heterocycles. The number of oxazole rings is 1. The van der Waals surface area contributed by atoms with Crippen LogP contribution in [0.2, 0.25) is 5.02 Å². The summed E-state index contributed by atoms with van der Waals surface area (Å²) in [6, 6.07) is 13.5. The van der Waals surface area contributed by atoms with Crippen LogP contribution in [0.3, 0.4) is 0 Å². The predicted octanol–water partition coefficient (Wildman–Crippen LogP) is 4.28. The molecule has 0 bridgehead atoms. The van der Waals surface area contributed by atoms with Gasteiger partial charge in [0.1, 0.15) is 0 Å². The molecule has 4 rings (SSSR count). The molecule has 5 nitrogen and oxygen atoms in total. The molecule has 0 aliphatic carbocycles. The Morgan fingerprint density at radius 3 is 2.74 bits per heavy atom. The zero-order chi connectivity index (χ0) is 19.4. The average molecular weight is 384 g/mol. The first kappa shape index (κ1) is 19.1. The Bertz CT molecular complexity index is 952. The molecule has 0 radical (unpaired) electrons. The molecule has 2 aromatic carbocycles. The smallest absolute Gasteiger partial charge is 0.214 e. The number of carbonyl (C=O) groups is 1. The van der Waals surface area contributed by atoms with Gasteiger partial charge in [-0.3, -0.25) is 4.79 Å². The van der Waals surface area contributed by atoms with Crippen LogP contribution in [0.4, 0.5) is 5.69 Å². The van der Waals surface area contributed by atoms with Crippen molar-refractivity contribution in [1.82, 2.24) is 4.98 Å². The van der Waals surface area contributed by atoms with Gasteiger partial charge in [-0.25, -0.2) is 4.98 Å². The van der Waals surface area contributed by atoms with Crippen molar-refractivity contribution in [2.24, 2.45) is 5.73 Å². The summed E-state index contributed by atoms with van der Waals surface area (Å²) < 4.78 is 5.65. The molecule has 140 valence electrons. The van der Waals surface area contributed by atoms with Crippen LogP contribution in [-0.2, 0) is 17.8 Å². The number of hydrogen-bond donors (Lipinski definition) is 1. The molecular formula is C21H22ClN3O2. The number of fused-ring (bicyclic) bond motifs is 3. The van der Waals surface area contributed by atoms with Crippen LogP contribution in [0.25, 0.3) is 11.3 Å². The first-order valence-corrected chi connectivity index (χ1v) is 9.14. The van der Waals surface area contributed by atoms with Crippen molar-refractivity contribution in [3.63, 3.8) is 0 Å². The number of aromatic nitrogens is 1. The number of para-hydroxylation sites is 1. The summed E-state index contributed by atoms with van der Waals surface area (Å²) in [4.78, 5) is 17.2. The number of carbonyl (C=O) groups excluding carboxylic acids is 1. The van der Waals surface area contributed by atoms with Crippen LogP contribution in [0, 0.1) is 13.8 Å². The highest BCUT2D eigenvalue weighted by Gasteiger charge is 2.23. The molecule has 0 atom stereocenters. The number of benzene rings is 2. The standard InChI is InChI=1S/C13H12N2O2.C8H10ClN/c1-9-14-11-6-7-15(8-16)12-5-3-2-4-10(12)13(11)17-9;1-6-4-8(9)3-2-7(6)5-10/h2-5,8H,6-7H2,1H3;2-4H,5,10H2,1H3. The minimum absolute atomic E-state index is 0.586. The van der Waals surface area contributed by atoms with Gasteiger partial charge in [0.2, 0.25) is 6.41 Å². The predicted molar refractivity (Wildman–Crippen MR) is 108 cm³/mol. The van der Waals surface area contributed by atoms with E-state index in [0.29, 0.717) is 19.0 Å². The highest BCUT2D eigenvalue weighted by atomic mass is 35.5. The number of aryl methyl sites for hydroxylation is 2. The monoisotopic (exact) mass is 383 g/mol. The van der Waals surface area contributed by atoms with E-state index in [0.717, 1.165) is 51.7 Å². The molecule has 0 unspecified atom stereocenters. The van der Waals surface area contributed by atoms with Crippen molar-refractivity contribution in [2.45, 2.75) is 26.8 Å². The van der Waals surface area contributed by atoms with Gasteiger partial charge in [-0.05, 0) is 42.3 Å². The molecule has 0 spiro atoms. The lowest BCUT2D eigenvalue weighted by molar-refractivity contribution is -0.107. The van der Waals surface area contributed by atoms with Crippen molar-refractivity contribution in [2.75, 3.05) is 11.4 Å². The lowest BCUT2D eigenvalue weighted by Gasteiger charge is -2.16. The largest absolute Gasteiger partial charge is 0.441 e.